The average Bonchev–Trinajstić information content (AvgIpc) is 3.86. The van der Waals surface area contributed by atoms with Crippen molar-refractivity contribution in [1.82, 2.24) is 14.0 Å². The number of esters is 1. The number of para-hydroxylation sites is 2. The first kappa shape index (κ1) is 34.4. The highest BCUT2D eigenvalue weighted by Crippen LogP contribution is 2.59. The maximum Gasteiger partial charge on any atom is 0.343 e. The summed E-state index contributed by atoms with van der Waals surface area (Å²) < 4.78 is 27.7. The number of aromatic nitrogens is 2. The first-order valence-corrected chi connectivity index (χ1v) is 18.9. The molecule has 0 aliphatic carbocycles. The Labute approximate surface area is 313 Å². The van der Waals surface area contributed by atoms with E-state index in [1.54, 1.807) is 21.1 Å². The van der Waals surface area contributed by atoms with Crippen LogP contribution in [0.4, 0.5) is 0 Å². The number of rotatable bonds is 12. The Morgan fingerprint density at radius 3 is 2.39 bits per heavy atom. The number of allylic oxidation sites excluding steroid dienone is 1. The van der Waals surface area contributed by atoms with Crippen LogP contribution < -0.4 is 9.47 Å². The Hall–Kier alpha value is -5.32. The van der Waals surface area contributed by atoms with Crippen LogP contribution in [0, 0.1) is 0 Å². The molecule has 10 heteroatoms. The molecule has 2 aromatic heterocycles. The molecule has 4 atom stereocenters. The van der Waals surface area contributed by atoms with Gasteiger partial charge in [0.2, 0.25) is 5.60 Å². The summed E-state index contributed by atoms with van der Waals surface area (Å²) in [6.07, 6.45) is 7.07. The third-order valence-electron chi connectivity index (χ3n) is 12.3. The monoisotopic (exact) mass is 727 g/mol. The molecule has 10 nitrogen and oxygen atoms in total. The SMILES string of the molecule is C=CCCCCCC[C@H]1c2c(c3c4ccccc4n4c3c3c2c2ccccc2n3[C@]2(C)O[C@H]4C[C@]2(O)C(=O)OC)C(=O)N1Cc1ccc(OC)cc1OC. The lowest BCUT2D eigenvalue weighted by atomic mass is 9.88. The third-order valence-corrected chi connectivity index (χ3v) is 12.3. The van der Waals surface area contributed by atoms with Crippen LogP contribution in [-0.4, -0.2) is 57.9 Å². The van der Waals surface area contributed by atoms with E-state index >= 15 is 4.79 Å². The number of carbonyl (C=O) groups excluding carboxylic acids is 2. The molecule has 54 heavy (non-hydrogen) atoms. The van der Waals surface area contributed by atoms with Crippen molar-refractivity contribution < 1.29 is 33.6 Å². The van der Waals surface area contributed by atoms with Crippen molar-refractivity contribution >= 4 is 55.5 Å². The fourth-order valence-electron chi connectivity index (χ4n) is 9.78. The first-order valence-electron chi connectivity index (χ1n) is 18.9. The predicted molar refractivity (Wildman–Crippen MR) is 208 cm³/mol. The van der Waals surface area contributed by atoms with E-state index in [1.165, 1.54) is 7.11 Å². The number of carbonyl (C=O) groups is 2. The molecular weight excluding hydrogens is 682 g/mol. The number of amides is 1. The molecule has 1 N–H and O–H groups in total. The summed E-state index contributed by atoms with van der Waals surface area (Å²) in [5.41, 5.74) is 2.38. The molecule has 3 aliphatic heterocycles. The zero-order valence-corrected chi connectivity index (χ0v) is 31.2. The van der Waals surface area contributed by atoms with Gasteiger partial charge in [-0.15, -0.1) is 6.58 Å². The fourth-order valence-corrected chi connectivity index (χ4v) is 9.78. The second-order valence-electron chi connectivity index (χ2n) is 15.0. The Morgan fingerprint density at radius 2 is 1.67 bits per heavy atom. The summed E-state index contributed by atoms with van der Waals surface area (Å²) in [4.78, 5) is 31.1. The number of hydrogen-bond donors (Lipinski definition) is 1. The van der Waals surface area contributed by atoms with Gasteiger partial charge < -0.3 is 38.1 Å². The van der Waals surface area contributed by atoms with Gasteiger partial charge in [0.25, 0.3) is 5.91 Å². The number of aliphatic hydroxyl groups is 1. The van der Waals surface area contributed by atoms with Crippen LogP contribution in [0.5, 0.6) is 11.5 Å². The van der Waals surface area contributed by atoms with Gasteiger partial charge in [0.05, 0.1) is 61.5 Å². The molecule has 278 valence electrons. The number of ether oxygens (including phenoxy) is 4. The van der Waals surface area contributed by atoms with E-state index in [9.17, 15) is 9.90 Å². The van der Waals surface area contributed by atoms with Crippen molar-refractivity contribution in [2.75, 3.05) is 21.3 Å². The second kappa shape index (κ2) is 12.6. The van der Waals surface area contributed by atoms with Crippen LogP contribution in [0.1, 0.15) is 85.6 Å². The van der Waals surface area contributed by atoms with Gasteiger partial charge in [-0.1, -0.05) is 61.7 Å². The van der Waals surface area contributed by atoms with Gasteiger partial charge in [0.15, 0.2) is 5.72 Å². The van der Waals surface area contributed by atoms with Crippen LogP contribution in [-0.2, 0) is 26.5 Å². The van der Waals surface area contributed by atoms with Gasteiger partial charge in [0.1, 0.15) is 17.7 Å². The zero-order valence-electron chi connectivity index (χ0n) is 31.2. The average molecular weight is 728 g/mol. The van der Waals surface area contributed by atoms with Crippen LogP contribution in [0.15, 0.2) is 79.4 Å². The van der Waals surface area contributed by atoms with Crippen molar-refractivity contribution in [1.29, 1.82) is 0 Å². The smallest absolute Gasteiger partial charge is 0.343 e. The van der Waals surface area contributed by atoms with Crippen LogP contribution in [0.3, 0.4) is 0 Å². The van der Waals surface area contributed by atoms with E-state index in [2.05, 4.69) is 23.3 Å². The lowest BCUT2D eigenvalue weighted by molar-refractivity contribution is -0.202. The molecule has 5 heterocycles. The summed E-state index contributed by atoms with van der Waals surface area (Å²) >= 11 is 0. The summed E-state index contributed by atoms with van der Waals surface area (Å²) in [6.45, 7) is 6.02. The molecular formula is C44H45N3O7. The summed E-state index contributed by atoms with van der Waals surface area (Å²) in [5.74, 6) is 0.551. The standard InChI is InChI=1S/C44H45N3O7/c1-6-7-8-9-10-11-20-32-37-35-29-17-13-15-19-31(29)47-40(35)39-36(38(37)41(48)45(32)25-26-21-22-27(51-3)23-33(26)52-4)28-16-12-14-18-30(28)46(39)34-24-44(50,42(49)53-5)43(47,2)54-34/h6,12-19,21-23,32,34,50H,1,7-11,20,24-25H2,2-5H3/t32-,34-,43+,44-/m0/s1. The van der Waals surface area contributed by atoms with E-state index < -0.39 is 23.5 Å². The van der Waals surface area contributed by atoms with Crippen LogP contribution >= 0.6 is 0 Å². The Morgan fingerprint density at radius 1 is 0.944 bits per heavy atom. The van der Waals surface area contributed by atoms with Gasteiger partial charge in [-0.25, -0.2) is 4.79 Å². The van der Waals surface area contributed by atoms with Crippen molar-refractivity contribution in [2.45, 2.75) is 82.0 Å². The summed E-state index contributed by atoms with van der Waals surface area (Å²) in [5, 5.41) is 16.1. The molecule has 0 saturated carbocycles. The largest absolute Gasteiger partial charge is 0.497 e. The highest BCUT2D eigenvalue weighted by molar-refractivity contribution is 6.31. The van der Waals surface area contributed by atoms with Gasteiger partial charge in [-0.2, -0.15) is 0 Å². The summed E-state index contributed by atoms with van der Waals surface area (Å²) in [6, 6.07) is 21.6. The van der Waals surface area contributed by atoms with E-state index in [0.29, 0.717) is 23.6 Å². The van der Waals surface area contributed by atoms with E-state index in [1.807, 2.05) is 70.1 Å². The number of benzene rings is 4. The van der Waals surface area contributed by atoms with E-state index in [-0.39, 0.29) is 18.4 Å². The quantitative estimate of drug-likeness (QED) is 0.0765. The molecule has 1 fully saturated rings. The lowest BCUT2D eigenvalue weighted by Gasteiger charge is -2.37. The Balaban J connectivity index is 1.37. The topological polar surface area (TPSA) is 104 Å². The molecule has 1 saturated heterocycles. The van der Waals surface area contributed by atoms with Crippen LogP contribution in [0.25, 0.3) is 43.6 Å². The molecule has 6 aromatic rings. The molecule has 0 unspecified atom stereocenters. The summed E-state index contributed by atoms with van der Waals surface area (Å²) in [7, 11) is 4.57. The molecule has 0 radical (unpaired) electrons. The van der Waals surface area contributed by atoms with Crippen molar-refractivity contribution in [2.24, 2.45) is 0 Å². The Bertz CT molecular complexity index is 2530. The number of fused-ring (bicyclic) bond motifs is 13. The molecule has 0 spiro atoms. The first-order chi connectivity index (χ1) is 26.2. The fraction of sp³-hybridized carbons (Fsp3) is 0.364. The van der Waals surface area contributed by atoms with Gasteiger partial charge >= 0.3 is 5.97 Å². The van der Waals surface area contributed by atoms with Crippen LogP contribution in [0.2, 0.25) is 0 Å². The highest BCUT2D eigenvalue weighted by Gasteiger charge is 2.66. The van der Waals surface area contributed by atoms with Gasteiger partial charge in [-0.3, -0.25) is 4.79 Å². The number of hydrogen-bond acceptors (Lipinski definition) is 7. The number of methoxy groups -OCH3 is 3. The molecule has 2 bridgehead atoms. The van der Waals surface area contributed by atoms with Crippen molar-refractivity contribution in [3.8, 4) is 11.5 Å². The van der Waals surface area contributed by atoms with Crippen molar-refractivity contribution in [3.63, 3.8) is 0 Å². The maximum atomic E-state index is 15.4. The normalized spacial score (nSPS) is 22.8. The highest BCUT2D eigenvalue weighted by atomic mass is 16.6. The maximum absolute atomic E-state index is 15.4. The molecule has 4 aromatic carbocycles. The minimum absolute atomic E-state index is 0.0275. The van der Waals surface area contributed by atoms with Gasteiger partial charge in [0, 0.05) is 39.6 Å². The number of unbranched alkanes of at least 4 members (excludes halogenated alkanes) is 4. The molecule has 9 rings (SSSR count). The second-order valence-corrected chi connectivity index (χ2v) is 15.0. The molecule has 1 amide bonds. The van der Waals surface area contributed by atoms with Gasteiger partial charge in [-0.05, 0) is 56.0 Å². The Kier molecular flexibility index (Phi) is 8.06. The third kappa shape index (κ3) is 4.53. The van der Waals surface area contributed by atoms with E-state index in [4.69, 9.17) is 18.9 Å². The predicted octanol–water partition coefficient (Wildman–Crippen LogP) is 8.65. The van der Waals surface area contributed by atoms with Crippen molar-refractivity contribution in [3.05, 3.63) is 96.1 Å². The zero-order chi connectivity index (χ0) is 37.5. The molecule has 3 aliphatic rings. The van der Waals surface area contributed by atoms with E-state index in [0.717, 1.165) is 93.3 Å². The number of nitrogens with zero attached hydrogens (tertiary/aromatic N) is 3. The minimum atomic E-state index is -2.01. The lowest BCUT2D eigenvalue weighted by Crippen LogP contribution is -2.56. The minimum Gasteiger partial charge on any atom is -0.497 e.